The number of carbonyl (C=O) groups is 2. The highest BCUT2D eigenvalue weighted by atomic mass is 32.1. The molecule has 2 aromatic rings. The van der Waals surface area contributed by atoms with Gasteiger partial charge in [-0.2, -0.15) is 0 Å². The molecule has 0 bridgehead atoms. The zero-order chi connectivity index (χ0) is 23.8. The number of benzene rings is 1. The Bertz CT molecular complexity index is 935. The third-order valence-corrected chi connectivity index (χ3v) is 7.01. The van der Waals surface area contributed by atoms with E-state index in [1.807, 2.05) is 18.4 Å². The van der Waals surface area contributed by atoms with E-state index in [1.165, 1.54) is 10.9 Å². The summed E-state index contributed by atoms with van der Waals surface area (Å²) in [7, 11) is 0. The van der Waals surface area contributed by atoms with Crippen LogP contribution < -0.4 is 10.1 Å². The summed E-state index contributed by atoms with van der Waals surface area (Å²) in [6.07, 6.45) is 2.52. The Morgan fingerprint density at radius 3 is 2.82 bits per heavy atom. The number of urea groups is 1. The minimum atomic E-state index is -0.427. The van der Waals surface area contributed by atoms with Crippen molar-refractivity contribution in [3.63, 3.8) is 0 Å². The van der Waals surface area contributed by atoms with Crippen molar-refractivity contribution in [1.29, 1.82) is 0 Å². The van der Waals surface area contributed by atoms with E-state index in [4.69, 9.17) is 4.74 Å². The quantitative estimate of drug-likeness (QED) is 0.534. The predicted octanol–water partition coefficient (Wildman–Crippen LogP) is 4.86. The molecule has 2 atom stereocenters. The van der Waals surface area contributed by atoms with Crippen LogP contribution in [0.15, 0.2) is 35.7 Å². The largest absolute Gasteiger partial charge is 0.488 e. The Balaban J connectivity index is 1.76. The van der Waals surface area contributed by atoms with E-state index in [0.29, 0.717) is 19.6 Å². The number of hydrogen-bond donors (Lipinski definition) is 1. The van der Waals surface area contributed by atoms with Gasteiger partial charge in [0.05, 0.1) is 6.04 Å². The van der Waals surface area contributed by atoms with Crippen LogP contribution in [0.5, 0.6) is 5.75 Å². The van der Waals surface area contributed by atoms with Gasteiger partial charge in [0.25, 0.3) is 0 Å². The van der Waals surface area contributed by atoms with E-state index < -0.39 is 5.82 Å². The fourth-order valence-corrected chi connectivity index (χ4v) is 4.86. The first-order chi connectivity index (χ1) is 15.9. The van der Waals surface area contributed by atoms with Gasteiger partial charge in [-0.05, 0) is 47.9 Å². The fraction of sp³-hybridized carbons (Fsp3) is 0.520. The van der Waals surface area contributed by atoms with Gasteiger partial charge in [-0.15, -0.1) is 11.3 Å². The molecular weight excluding hydrogens is 441 g/mol. The highest BCUT2D eigenvalue weighted by Gasteiger charge is 2.33. The van der Waals surface area contributed by atoms with Crippen LogP contribution in [0.25, 0.3) is 0 Å². The number of ether oxygens (including phenoxy) is 1. The standard InChI is InChI=1S/C25H34FN3O3S/c1-4-12-27-25(31)28(15-18(3)5-2)16-24(30)29-13-10-23-19(11-14-33-23)21(29)17-32-22-9-7-6-8-20(22)26/h6-9,11,14,18,21H,4-5,10,12-13,15-17H2,1-3H3,(H,27,31)/t18-,21-/m1/s1. The SMILES string of the molecule is CCCNC(=O)N(CC(=O)N1CCc2sccc2[C@H]1COc1ccccc1F)C[C@H](C)CC. The van der Waals surface area contributed by atoms with Crippen molar-refractivity contribution in [1.82, 2.24) is 15.1 Å². The van der Waals surface area contributed by atoms with Gasteiger partial charge in [0.1, 0.15) is 13.2 Å². The van der Waals surface area contributed by atoms with E-state index in [1.54, 1.807) is 39.3 Å². The average molecular weight is 476 g/mol. The molecule has 0 spiro atoms. The van der Waals surface area contributed by atoms with E-state index in [2.05, 4.69) is 19.2 Å². The molecule has 3 amide bonds. The molecule has 0 unspecified atom stereocenters. The molecule has 1 aliphatic heterocycles. The number of nitrogens with one attached hydrogen (secondary N) is 1. The van der Waals surface area contributed by atoms with Crippen LogP contribution in [0, 0.1) is 11.7 Å². The lowest BCUT2D eigenvalue weighted by molar-refractivity contribution is -0.135. The van der Waals surface area contributed by atoms with Crippen molar-refractivity contribution in [2.24, 2.45) is 5.92 Å². The third kappa shape index (κ3) is 6.47. The highest BCUT2D eigenvalue weighted by molar-refractivity contribution is 7.10. The molecule has 0 saturated carbocycles. The van der Waals surface area contributed by atoms with Gasteiger partial charge >= 0.3 is 6.03 Å². The van der Waals surface area contributed by atoms with Crippen LogP contribution >= 0.6 is 11.3 Å². The molecule has 2 heterocycles. The number of rotatable bonds is 10. The van der Waals surface area contributed by atoms with Crippen molar-refractivity contribution in [3.8, 4) is 5.75 Å². The minimum Gasteiger partial charge on any atom is -0.488 e. The molecule has 180 valence electrons. The Kier molecular flexibility index (Phi) is 9.11. The van der Waals surface area contributed by atoms with Crippen molar-refractivity contribution in [2.45, 2.75) is 46.1 Å². The lowest BCUT2D eigenvalue weighted by atomic mass is 10.00. The summed E-state index contributed by atoms with van der Waals surface area (Å²) in [5.41, 5.74) is 1.04. The van der Waals surface area contributed by atoms with Crippen LogP contribution in [0.3, 0.4) is 0 Å². The number of nitrogens with zero attached hydrogens (tertiary/aromatic N) is 2. The van der Waals surface area contributed by atoms with Gasteiger partial charge < -0.3 is 19.9 Å². The molecule has 1 aromatic carbocycles. The van der Waals surface area contributed by atoms with Gasteiger partial charge in [-0.3, -0.25) is 4.79 Å². The van der Waals surface area contributed by atoms with Crippen molar-refractivity contribution in [2.75, 3.05) is 32.8 Å². The number of para-hydroxylation sites is 1. The van der Waals surface area contributed by atoms with E-state index in [9.17, 15) is 14.0 Å². The summed E-state index contributed by atoms with van der Waals surface area (Å²) in [5, 5.41) is 4.91. The second-order valence-corrected chi connectivity index (χ2v) is 9.52. The zero-order valence-electron chi connectivity index (χ0n) is 19.7. The number of carbonyl (C=O) groups excluding carboxylic acids is 2. The molecule has 1 aromatic heterocycles. The number of fused-ring (bicyclic) bond motifs is 1. The molecule has 33 heavy (non-hydrogen) atoms. The Morgan fingerprint density at radius 2 is 2.09 bits per heavy atom. The normalized spacial score (nSPS) is 16.1. The Labute approximate surface area is 199 Å². The molecule has 0 saturated heterocycles. The van der Waals surface area contributed by atoms with E-state index >= 15 is 0 Å². The molecule has 0 aliphatic carbocycles. The summed E-state index contributed by atoms with van der Waals surface area (Å²) in [6.45, 7) is 7.96. The number of hydrogen-bond acceptors (Lipinski definition) is 4. The number of halogens is 1. The van der Waals surface area contributed by atoms with Gasteiger partial charge in [0, 0.05) is 24.5 Å². The van der Waals surface area contributed by atoms with Gasteiger partial charge in [-0.25, -0.2) is 9.18 Å². The lowest BCUT2D eigenvalue weighted by Crippen LogP contribution is -2.50. The molecule has 8 heteroatoms. The molecule has 1 N–H and O–H groups in total. The first-order valence-corrected chi connectivity index (χ1v) is 12.6. The summed E-state index contributed by atoms with van der Waals surface area (Å²) in [6, 6.07) is 7.76. The van der Waals surface area contributed by atoms with Crippen LogP contribution in [0.1, 0.15) is 50.1 Å². The van der Waals surface area contributed by atoms with Crippen LogP contribution in [-0.4, -0.2) is 54.5 Å². The van der Waals surface area contributed by atoms with Crippen LogP contribution in [-0.2, 0) is 11.2 Å². The van der Waals surface area contributed by atoms with Gasteiger partial charge in [0.2, 0.25) is 5.91 Å². The summed E-state index contributed by atoms with van der Waals surface area (Å²) in [4.78, 5) is 30.8. The zero-order valence-corrected chi connectivity index (χ0v) is 20.5. The number of amides is 3. The Morgan fingerprint density at radius 1 is 1.30 bits per heavy atom. The smallest absolute Gasteiger partial charge is 0.317 e. The van der Waals surface area contributed by atoms with Crippen molar-refractivity contribution >= 4 is 23.3 Å². The van der Waals surface area contributed by atoms with E-state index in [-0.39, 0.29) is 42.8 Å². The first-order valence-electron chi connectivity index (χ1n) is 11.7. The fourth-order valence-electron chi connectivity index (χ4n) is 3.93. The molecule has 6 nitrogen and oxygen atoms in total. The Hall–Kier alpha value is -2.61. The topological polar surface area (TPSA) is 61.9 Å². The summed E-state index contributed by atoms with van der Waals surface area (Å²) in [5.74, 6) is -0.0900. The summed E-state index contributed by atoms with van der Waals surface area (Å²) < 4.78 is 19.9. The molecule has 0 fully saturated rings. The van der Waals surface area contributed by atoms with Crippen LogP contribution in [0.2, 0.25) is 0 Å². The molecule has 3 rings (SSSR count). The average Bonchev–Trinajstić information content (AvgIpc) is 3.30. The maximum Gasteiger partial charge on any atom is 0.317 e. The highest BCUT2D eigenvalue weighted by Crippen LogP contribution is 2.34. The number of thiophene rings is 1. The van der Waals surface area contributed by atoms with Crippen LogP contribution in [0.4, 0.5) is 9.18 Å². The maximum atomic E-state index is 14.1. The van der Waals surface area contributed by atoms with Crippen molar-refractivity contribution < 1.29 is 18.7 Å². The first kappa shape index (κ1) is 25.0. The monoisotopic (exact) mass is 475 g/mol. The predicted molar refractivity (Wildman–Crippen MR) is 129 cm³/mol. The third-order valence-electron chi connectivity index (χ3n) is 6.02. The molecule has 1 aliphatic rings. The van der Waals surface area contributed by atoms with Gasteiger partial charge in [0.15, 0.2) is 11.6 Å². The summed E-state index contributed by atoms with van der Waals surface area (Å²) >= 11 is 1.66. The molecular formula is C25H34FN3O3S. The molecule has 0 radical (unpaired) electrons. The maximum absolute atomic E-state index is 14.1. The minimum absolute atomic E-state index is 0.00948. The second kappa shape index (κ2) is 12.0. The van der Waals surface area contributed by atoms with Gasteiger partial charge in [-0.1, -0.05) is 39.3 Å². The van der Waals surface area contributed by atoms with Crippen molar-refractivity contribution in [3.05, 3.63) is 52.0 Å². The lowest BCUT2D eigenvalue weighted by Gasteiger charge is -2.37. The van der Waals surface area contributed by atoms with E-state index in [0.717, 1.165) is 24.8 Å². The second-order valence-electron chi connectivity index (χ2n) is 8.52.